The first-order valence-electron chi connectivity index (χ1n) is 8.50. The first kappa shape index (κ1) is 17.5. The number of carbonyl (C=O) groups excluding carboxylic acids is 1. The number of aromatic nitrogens is 2. The second kappa shape index (κ2) is 8.67. The number of amides is 1. The fourth-order valence-corrected chi connectivity index (χ4v) is 3.12. The summed E-state index contributed by atoms with van der Waals surface area (Å²) in [4.78, 5) is 14.3. The zero-order valence-corrected chi connectivity index (χ0v) is 14.7. The minimum Gasteiger partial charge on any atom is -0.375 e. The Kier molecular flexibility index (Phi) is 6.06. The normalized spacial score (nSPS) is 15.0. The van der Waals surface area contributed by atoms with Crippen molar-refractivity contribution >= 4 is 29.0 Å². The fourth-order valence-electron chi connectivity index (χ4n) is 2.92. The van der Waals surface area contributed by atoms with Crippen LogP contribution in [0.15, 0.2) is 42.6 Å². The van der Waals surface area contributed by atoms with Gasteiger partial charge in [-0.1, -0.05) is 23.7 Å². The van der Waals surface area contributed by atoms with Crippen molar-refractivity contribution in [3.05, 3.63) is 47.6 Å². The molecule has 25 heavy (non-hydrogen) atoms. The third-order valence-corrected chi connectivity index (χ3v) is 4.74. The highest BCUT2D eigenvalue weighted by molar-refractivity contribution is 6.33. The minimum atomic E-state index is 0.111. The van der Waals surface area contributed by atoms with E-state index >= 15 is 0 Å². The van der Waals surface area contributed by atoms with Gasteiger partial charge in [-0.15, -0.1) is 5.10 Å². The molecule has 3 rings (SSSR count). The first-order valence-corrected chi connectivity index (χ1v) is 8.88. The van der Waals surface area contributed by atoms with Gasteiger partial charge in [-0.3, -0.25) is 4.79 Å². The van der Waals surface area contributed by atoms with Crippen LogP contribution in [-0.2, 0) is 4.79 Å². The highest BCUT2D eigenvalue weighted by Crippen LogP contribution is 2.21. The van der Waals surface area contributed by atoms with Crippen LogP contribution in [0.5, 0.6) is 0 Å². The van der Waals surface area contributed by atoms with E-state index in [-0.39, 0.29) is 12.5 Å². The number of halogens is 1. The van der Waals surface area contributed by atoms with Crippen molar-refractivity contribution in [3.8, 4) is 0 Å². The minimum absolute atomic E-state index is 0.111. The average Bonchev–Trinajstić information content (AvgIpc) is 2.67. The molecule has 2 N–H and O–H groups in total. The predicted molar refractivity (Wildman–Crippen MR) is 99.8 cm³/mol. The van der Waals surface area contributed by atoms with Gasteiger partial charge in [-0.25, -0.2) is 0 Å². The summed E-state index contributed by atoms with van der Waals surface area (Å²) >= 11 is 6.09. The summed E-state index contributed by atoms with van der Waals surface area (Å²) in [6.07, 6.45) is 3.64. The lowest BCUT2D eigenvalue weighted by Crippen LogP contribution is -2.42. The van der Waals surface area contributed by atoms with Gasteiger partial charge in [0.2, 0.25) is 5.91 Å². The molecule has 132 valence electrons. The lowest BCUT2D eigenvalue weighted by molar-refractivity contribution is -0.130. The standard InChI is InChI=1S/C18H22ClN5O/c19-15-4-1-2-5-16(15)20-13-18(25)24-10-7-14(8-11-24)12-21-17-6-3-9-22-23-17/h1-6,9,14,20H,7-8,10-13H2,(H,21,23). The van der Waals surface area contributed by atoms with Crippen LogP contribution >= 0.6 is 11.6 Å². The van der Waals surface area contributed by atoms with E-state index in [2.05, 4.69) is 20.8 Å². The Labute approximate surface area is 152 Å². The van der Waals surface area contributed by atoms with Gasteiger partial charge in [0.15, 0.2) is 0 Å². The molecule has 0 spiro atoms. The van der Waals surface area contributed by atoms with Crippen molar-refractivity contribution in [3.63, 3.8) is 0 Å². The van der Waals surface area contributed by atoms with Gasteiger partial charge in [0.25, 0.3) is 0 Å². The van der Waals surface area contributed by atoms with Crippen LogP contribution in [0.1, 0.15) is 12.8 Å². The number of nitrogens with zero attached hydrogens (tertiary/aromatic N) is 3. The molecule has 1 aliphatic rings. The van der Waals surface area contributed by atoms with Crippen LogP contribution in [0.3, 0.4) is 0 Å². The van der Waals surface area contributed by atoms with Crippen molar-refractivity contribution in [1.29, 1.82) is 0 Å². The molecule has 1 saturated heterocycles. The molecule has 2 heterocycles. The summed E-state index contributed by atoms with van der Waals surface area (Å²) in [6, 6.07) is 11.2. The predicted octanol–water partition coefficient (Wildman–Crippen LogP) is 2.89. The van der Waals surface area contributed by atoms with Crippen LogP contribution in [0.4, 0.5) is 11.5 Å². The lowest BCUT2D eigenvalue weighted by atomic mass is 9.96. The second-order valence-corrected chi connectivity index (χ2v) is 6.55. The molecule has 1 amide bonds. The van der Waals surface area contributed by atoms with E-state index < -0.39 is 0 Å². The van der Waals surface area contributed by atoms with E-state index in [1.807, 2.05) is 41.3 Å². The number of carbonyl (C=O) groups is 1. The Bertz CT molecular complexity index is 689. The Balaban J connectivity index is 1.39. The van der Waals surface area contributed by atoms with Gasteiger partial charge in [-0.2, -0.15) is 5.10 Å². The van der Waals surface area contributed by atoms with Gasteiger partial charge in [0.05, 0.1) is 17.3 Å². The molecule has 1 aliphatic heterocycles. The molecule has 1 fully saturated rings. The average molecular weight is 360 g/mol. The highest BCUT2D eigenvalue weighted by Gasteiger charge is 2.22. The van der Waals surface area contributed by atoms with Crippen LogP contribution in [0.25, 0.3) is 0 Å². The van der Waals surface area contributed by atoms with Gasteiger partial charge in [0.1, 0.15) is 5.82 Å². The highest BCUT2D eigenvalue weighted by atomic mass is 35.5. The van der Waals surface area contributed by atoms with Gasteiger partial charge in [-0.05, 0) is 43.0 Å². The van der Waals surface area contributed by atoms with E-state index in [1.54, 1.807) is 6.20 Å². The Morgan fingerprint density at radius 3 is 2.68 bits per heavy atom. The molecular weight excluding hydrogens is 338 g/mol. The molecule has 0 bridgehead atoms. The van der Waals surface area contributed by atoms with E-state index in [0.29, 0.717) is 10.9 Å². The second-order valence-electron chi connectivity index (χ2n) is 6.15. The summed E-state index contributed by atoms with van der Waals surface area (Å²) in [5, 5.41) is 14.9. The molecule has 1 aromatic heterocycles. The molecule has 2 aromatic rings. The summed E-state index contributed by atoms with van der Waals surface area (Å²) in [6.45, 7) is 2.70. The number of piperidine rings is 1. The number of hydrogen-bond donors (Lipinski definition) is 2. The topological polar surface area (TPSA) is 70.2 Å². The van der Waals surface area contributed by atoms with E-state index in [4.69, 9.17) is 11.6 Å². The molecule has 0 saturated carbocycles. The number of para-hydroxylation sites is 1. The number of hydrogen-bond acceptors (Lipinski definition) is 5. The summed E-state index contributed by atoms with van der Waals surface area (Å²) < 4.78 is 0. The Morgan fingerprint density at radius 2 is 1.96 bits per heavy atom. The number of benzene rings is 1. The quantitative estimate of drug-likeness (QED) is 0.829. The smallest absolute Gasteiger partial charge is 0.241 e. The molecule has 0 atom stereocenters. The zero-order chi connectivity index (χ0) is 17.5. The number of likely N-dealkylation sites (tertiary alicyclic amines) is 1. The van der Waals surface area contributed by atoms with Crippen molar-refractivity contribution in [2.75, 3.05) is 36.8 Å². The van der Waals surface area contributed by atoms with Crippen LogP contribution in [-0.4, -0.2) is 47.2 Å². The van der Waals surface area contributed by atoms with Crippen LogP contribution in [0, 0.1) is 5.92 Å². The molecule has 1 aromatic carbocycles. The van der Waals surface area contributed by atoms with Crippen LogP contribution < -0.4 is 10.6 Å². The van der Waals surface area contributed by atoms with Gasteiger partial charge < -0.3 is 15.5 Å². The Morgan fingerprint density at radius 1 is 1.16 bits per heavy atom. The number of rotatable bonds is 6. The third kappa shape index (κ3) is 5.06. The third-order valence-electron chi connectivity index (χ3n) is 4.42. The first-order chi connectivity index (χ1) is 12.2. The van der Waals surface area contributed by atoms with Crippen molar-refractivity contribution in [2.24, 2.45) is 5.92 Å². The maximum atomic E-state index is 12.4. The number of nitrogens with one attached hydrogen (secondary N) is 2. The van der Waals surface area contributed by atoms with Crippen molar-refractivity contribution in [2.45, 2.75) is 12.8 Å². The Hall–Kier alpha value is -2.34. The van der Waals surface area contributed by atoms with E-state index in [0.717, 1.165) is 44.0 Å². The molecule has 0 unspecified atom stereocenters. The number of anilines is 2. The van der Waals surface area contributed by atoms with Gasteiger partial charge >= 0.3 is 0 Å². The summed E-state index contributed by atoms with van der Waals surface area (Å²) in [7, 11) is 0. The van der Waals surface area contributed by atoms with Crippen molar-refractivity contribution in [1.82, 2.24) is 15.1 Å². The van der Waals surface area contributed by atoms with E-state index in [9.17, 15) is 4.79 Å². The van der Waals surface area contributed by atoms with Crippen molar-refractivity contribution < 1.29 is 4.79 Å². The SMILES string of the molecule is O=C(CNc1ccccc1Cl)N1CCC(CNc2cccnn2)CC1. The molecule has 7 heteroatoms. The monoisotopic (exact) mass is 359 g/mol. The molecule has 0 radical (unpaired) electrons. The molecule has 0 aliphatic carbocycles. The van der Waals surface area contributed by atoms with E-state index in [1.165, 1.54) is 0 Å². The molecular formula is C18H22ClN5O. The van der Waals surface area contributed by atoms with Gasteiger partial charge in [0, 0.05) is 25.8 Å². The summed E-state index contributed by atoms with van der Waals surface area (Å²) in [5.74, 6) is 1.45. The maximum absolute atomic E-state index is 12.4. The molecule has 6 nitrogen and oxygen atoms in total. The maximum Gasteiger partial charge on any atom is 0.241 e. The largest absolute Gasteiger partial charge is 0.375 e. The lowest BCUT2D eigenvalue weighted by Gasteiger charge is -2.32. The van der Waals surface area contributed by atoms with Crippen LogP contribution in [0.2, 0.25) is 5.02 Å². The fraction of sp³-hybridized carbons (Fsp3) is 0.389. The zero-order valence-electron chi connectivity index (χ0n) is 14.0. The summed E-state index contributed by atoms with van der Waals surface area (Å²) in [5.41, 5.74) is 0.792.